The van der Waals surface area contributed by atoms with E-state index in [-0.39, 0.29) is 6.71 Å². The molecule has 2 aliphatic heterocycles. The SMILES string of the molecule is c1ccc(-c2ccc(N3c4cc5c(cc4B4c6c3cc(-n3c7ccccc7c7ccccc73)cc6N(c3cccc6c3-c3ccccc3C63c6ccccc6-c6ccccc63)c3ccc6c(c34)-c3ccccc3C63c4ccccc4-c4ccccc43)C3(c4ccccc4-c4ccccc43)c3ccccc3-5)cc2)cc1. The van der Waals surface area contributed by atoms with Crippen molar-refractivity contribution in [3.8, 4) is 83.6 Å². The maximum absolute atomic E-state index is 2.78. The van der Waals surface area contributed by atoms with E-state index in [1.165, 1.54) is 183 Å². The van der Waals surface area contributed by atoms with Crippen LogP contribution in [-0.2, 0) is 16.2 Å². The van der Waals surface area contributed by atoms with Crippen LogP contribution in [0.3, 0.4) is 0 Å². The Morgan fingerprint density at radius 1 is 0.202 bits per heavy atom. The zero-order valence-corrected chi connectivity index (χ0v) is 59.2. The topological polar surface area (TPSA) is 11.4 Å². The zero-order chi connectivity index (χ0) is 70.7. The average Bonchev–Trinajstić information content (AvgIpc) is 1.58. The van der Waals surface area contributed by atoms with Gasteiger partial charge in [-0.25, -0.2) is 0 Å². The second kappa shape index (κ2) is 20.8. The van der Waals surface area contributed by atoms with Crippen molar-refractivity contribution in [3.05, 3.63) is 443 Å². The van der Waals surface area contributed by atoms with Crippen LogP contribution in [0.15, 0.2) is 376 Å². The molecule has 6 aliphatic carbocycles. The van der Waals surface area contributed by atoms with Gasteiger partial charge in [0.05, 0.1) is 38.7 Å². The maximum Gasteiger partial charge on any atom is 0.252 e. The summed E-state index contributed by atoms with van der Waals surface area (Å²) >= 11 is 0. The van der Waals surface area contributed by atoms with Gasteiger partial charge < -0.3 is 14.4 Å². The first-order valence-electron chi connectivity index (χ1n) is 38.4. The van der Waals surface area contributed by atoms with Gasteiger partial charge in [-0.3, -0.25) is 0 Å². The van der Waals surface area contributed by atoms with E-state index < -0.39 is 16.2 Å². The fourth-order valence-corrected chi connectivity index (χ4v) is 22.9. The van der Waals surface area contributed by atoms with Gasteiger partial charge in [0.15, 0.2) is 0 Å². The average molecular weight is 1380 g/mol. The minimum Gasteiger partial charge on any atom is -0.311 e. The normalized spacial score (nSPS) is 15.0. The van der Waals surface area contributed by atoms with Crippen LogP contribution < -0.4 is 26.2 Å². The molecule has 1 aromatic heterocycles. The number of hydrogen-bond acceptors (Lipinski definition) is 2. The van der Waals surface area contributed by atoms with E-state index in [9.17, 15) is 0 Å². The Balaban J connectivity index is 0.858. The lowest BCUT2D eigenvalue weighted by Crippen LogP contribution is -2.62. The minimum absolute atomic E-state index is 0.328. The number of hydrogen-bond donors (Lipinski definition) is 0. The summed E-state index contributed by atoms with van der Waals surface area (Å²) in [5.41, 5.74) is 45.9. The van der Waals surface area contributed by atoms with E-state index in [0.29, 0.717) is 0 Å². The third-order valence-electron chi connectivity index (χ3n) is 26.6. The first-order chi connectivity index (χ1) is 54.1. The van der Waals surface area contributed by atoms with Crippen molar-refractivity contribution in [3.63, 3.8) is 0 Å². The van der Waals surface area contributed by atoms with Crippen LogP contribution in [0.1, 0.15) is 66.8 Å². The molecule has 0 fully saturated rings. The highest BCUT2D eigenvalue weighted by Gasteiger charge is 2.59. The van der Waals surface area contributed by atoms with Crippen LogP contribution in [-0.4, -0.2) is 11.3 Å². The molecule has 0 N–H and O–H groups in total. The second-order valence-electron chi connectivity index (χ2n) is 31.0. The Labute approximate surface area is 631 Å². The van der Waals surface area contributed by atoms with Crippen LogP contribution in [0.25, 0.3) is 105 Å². The highest BCUT2D eigenvalue weighted by atomic mass is 15.2. The highest BCUT2D eigenvalue weighted by Crippen LogP contribution is 2.69. The van der Waals surface area contributed by atoms with E-state index in [0.717, 1.165) is 39.5 Å². The predicted molar refractivity (Wildman–Crippen MR) is 449 cm³/mol. The molecule has 3 nitrogen and oxygen atoms in total. The van der Waals surface area contributed by atoms with Gasteiger partial charge in [-0.2, -0.15) is 0 Å². The number of fused-ring (bicyclic) bond motifs is 38. The lowest BCUT2D eigenvalue weighted by Gasteiger charge is -2.46. The van der Waals surface area contributed by atoms with Crippen LogP contribution in [0, 0.1) is 0 Å². The summed E-state index contributed by atoms with van der Waals surface area (Å²) in [4.78, 5) is 5.47. The number of nitrogens with zero attached hydrogens (tertiary/aromatic N) is 3. The molecule has 500 valence electrons. The van der Waals surface area contributed by atoms with Crippen molar-refractivity contribution >= 4 is 79.0 Å². The number of anilines is 6. The molecule has 8 aliphatic rings. The molecule has 0 unspecified atom stereocenters. The smallest absolute Gasteiger partial charge is 0.252 e. The van der Waals surface area contributed by atoms with Crippen molar-refractivity contribution < 1.29 is 0 Å². The summed E-state index contributed by atoms with van der Waals surface area (Å²) < 4.78 is 2.57. The van der Waals surface area contributed by atoms with Crippen molar-refractivity contribution in [2.75, 3.05) is 9.80 Å². The molecule has 109 heavy (non-hydrogen) atoms. The van der Waals surface area contributed by atoms with Crippen molar-refractivity contribution in [2.45, 2.75) is 16.2 Å². The molecule has 0 atom stereocenters. The van der Waals surface area contributed by atoms with Crippen molar-refractivity contribution in [2.24, 2.45) is 0 Å². The number of benzene rings is 17. The van der Waals surface area contributed by atoms with Crippen LogP contribution in [0.4, 0.5) is 34.1 Å². The van der Waals surface area contributed by atoms with Gasteiger partial charge in [0.2, 0.25) is 0 Å². The van der Waals surface area contributed by atoms with E-state index in [1.807, 2.05) is 0 Å². The summed E-state index contributed by atoms with van der Waals surface area (Å²) in [5.74, 6) is 0. The minimum atomic E-state index is -0.629. The van der Waals surface area contributed by atoms with Crippen LogP contribution in [0.5, 0.6) is 0 Å². The molecule has 0 radical (unpaired) electrons. The molecule has 3 heterocycles. The monoisotopic (exact) mass is 1380 g/mol. The third-order valence-corrected chi connectivity index (χ3v) is 26.6. The zero-order valence-electron chi connectivity index (χ0n) is 59.2. The van der Waals surface area contributed by atoms with Gasteiger partial charge >= 0.3 is 0 Å². The Morgan fingerprint density at radius 2 is 0.578 bits per heavy atom. The van der Waals surface area contributed by atoms with Gasteiger partial charge in [-0.1, -0.05) is 322 Å². The summed E-state index contributed by atoms with van der Waals surface area (Å²) in [6, 6.07) is 146. The molecule has 26 rings (SSSR count). The number of rotatable bonds is 4. The summed E-state index contributed by atoms with van der Waals surface area (Å²) in [7, 11) is 0. The lowest BCUT2D eigenvalue weighted by molar-refractivity contribution is 0.793. The quantitative estimate of drug-likeness (QED) is 0.163. The molecule has 0 saturated carbocycles. The second-order valence-corrected chi connectivity index (χ2v) is 31.0. The molecule has 17 aromatic carbocycles. The molecular weight excluding hydrogens is 1310 g/mol. The van der Waals surface area contributed by atoms with Crippen LogP contribution >= 0.6 is 0 Å². The predicted octanol–water partition coefficient (Wildman–Crippen LogP) is 23.6. The molecule has 4 heteroatoms. The van der Waals surface area contributed by atoms with Crippen molar-refractivity contribution in [1.29, 1.82) is 0 Å². The van der Waals surface area contributed by atoms with Gasteiger partial charge in [0, 0.05) is 44.8 Å². The van der Waals surface area contributed by atoms with Gasteiger partial charge in [0.25, 0.3) is 6.71 Å². The Morgan fingerprint density at radius 3 is 1.07 bits per heavy atom. The molecule has 0 bridgehead atoms. The molecule has 0 saturated heterocycles. The van der Waals surface area contributed by atoms with Gasteiger partial charge in [0.1, 0.15) is 0 Å². The maximum atomic E-state index is 2.78. The summed E-state index contributed by atoms with van der Waals surface area (Å²) in [5, 5.41) is 2.44. The van der Waals surface area contributed by atoms with Gasteiger partial charge in [-0.15, -0.1) is 0 Å². The fourth-order valence-electron chi connectivity index (χ4n) is 22.9. The third kappa shape index (κ3) is 6.92. The standard InChI is InChI=1S/C105H62BN3/c1-2-27-63(28-3-1)64-53-55-65(56-54-64)107-96-61-78-73-35-10-21-46-85(73)105(83-44-19-8-33-71(83)72-34-9-20-45-84(72)105)90(78)62-91(96)106-101-97(107)59-66(108-92-50-24-13-36-74(92)75-37-14-25-51-93(75)108)60-98(101)109(94-52-26-49-88-99(94)76-38-11-22-47-86(76)103(88)79-40-15-4-29-67(79)68-30-5-16-41-80(68)103)95-58-57-89-100(102(95)106)77-39-12-23-48-87(77)104(89)81-42-17-6-31-69(81)70-32-7-18-43-82(70)104/h1-62H. The highest BCUT2D eigenvalue weighted by molar-refractivity contribution is 7.01. The molecule has 3 spiro atoms. The Kier molecular flexibility index (Phi) is 11.2. The fraction of sp³-hybridized carbons (Fsp3) is 0.0286. The van der Waals surface area contributed by atoms with Crippen molar-refractivity contribution in [1.82, 2.24) is 4.57 Å². The van der Waals surface area contributed by atoms with E-state index in [4.69, 9.17) is 0 Å². The first kappa shape index (κ1) is 58.5. The summed E-state index contributed by atoms with van der Waals surface area (Å²) in [6.45, 7) is -0.328. The Bertz CT molecular complexity index is 6960. The number of para-hydroxylation sites is 2. The van der Waals surface area contributed by atoms with E-state index in [1.54, 1.807) is 0 Å². The van der Waals surface area contributed by atoms with Gasteiger partial charge in [-0.05, 0) is 210 Å². The largest absolute Gasteiger partial charge is 0.311 e. The molecule has 0 amide bonds. The van der Waals surface area contributed by atoms with E-state index in [2.05, 4.69) is 390 Å². The summed E-state index contributed by atoms with van der Waals surface area (Å²) in [6.07, 6.45) is 0. The molecule has 18 aromatic rings. The first-order valence-corrected chi connectivity index (χ1v) is 38.4. The number of aromatic nitrogens is 1. The lowest BCUT2D eigenvalue weighted by atomic mass is 9.32. The molecular formula is C105H62BN3. The van der Waals surface area contributed by atoms with Crippen LogP contribution in [0.2, 0.25) is 0 Å². The Hall–Kier alpha value is -13.8. The van der Waals surface area contributed by atoms with E-state index >= 15 is 0 Å².